The Labute approximate surface area is 87.6 Å². The monoisotopic (exact) mass is 220 g/mol. The van der Waals surface area contributed by atoms with Crippen LogP contribution >= 0.6 is 12.2 Å². The maximum Gasteiger partial charge on any atom is 0.289 e. The molecular weight excluding hydrogens is 216 g/mol. The Morgan fingerprint density at radius 2 is 2.27 bits per heavy atom. The average molecular weight is 220 g/mol. The number of fused-ring (bicyclic) bond motifs is 1. The van der Waals surface area contributed by atoms with Crippen molar-refractivity contribution in [1.82, 2.24) is 39.8 Å². The van der Waals surface area contributed by atoms with E-state index in [1.54, 1.807) is 18.5 Å². The second-order valence-electron chi connectivity index (χ2n) is 2.69. The third-order valence-corrected chi connectivity index (χ3v) is 2.03. The maximum atomic E-state index is 4.96. The molecule has 0 saturated heterocycles. The summed E-state index contributed by atoms with van der Waals surface area (Å²) < 4.78 is 3.24. The highest BCUT2D eigenvalue weighted by Gasteiger charge is 2.05. The van der Waals surface area contributed by atoms with E-state index in [-0.39, 0.29) is 0 Å². The van der Waals surface area contributed by atoms with Crippen molar-refractivity contribution in [1.29, 1.82) is 0 Å². The number of hydrogen-bond acceptors (Lipinski definition) is 6. The molecule has 3 aromatic rings. The molecule has 0 saturated carbocycles. The van der Waals surface area contributed by atoms with Gasteiger partial charge in [-0.25, -0.2) is 9.78 Å². The van der Waals surface area contributed by atoms with Crippen molar-refractivity contribution >= 4 is 18.0 Å². The normalized spacial score (nSPS) is 10.9. The summed E-state index contributed by atoms with van der Waals surface area (Å²) in [5.74, 6) is 0.668. The summed E-state index contributed by atoms with van der Waals surface area (Å²) in [6.45, 7) is 0. The van der Waals surface area contributed by atoms with Gasteiger partial charge in [0.1, 0.15) is 0 Å². The Morgan fingerprint density at radius 1 is 1.33 bits per heavy atom. The van der Waals surface area contributed by atoms with E-state index < -0.39 is 0 Å². The zero-order chi connectivity index (χ0) is 10.3. The van der Waals surface area contributed by atoms with E-state index in [9.17, 15) is 0 Å². The standard InChI is InChI=1S/C6H4N8S/c15-6-11-9-4-8-10-5(12-14(4)6)13-3-1-2-7-13/h1-3H,(H,11,15). The van der Waals surface area contributed by atoms with Crippen molar-refractivity contribution in [2.24, 2.45) is 0 Å². The molecule has 15 heavy (non-hydrogen) atoms. The molecule has 0 bridgehead atoms. The summed E-state index contributed by atoms with van der Waals surface area (Å²) in [7, 11) is 0. The van der Waals surface area contributed by atoms with Crippen LogP contribution in [0.15, 0.2) is 18.5 Å². The molecule has 3 aromatic heterocycles. The largest absolute Gasteiger partial charge is 0.289 e. The molecule has 0 aliphatic heterocycles. The molecule has 0 aromatic carbocycles. The van der Waals surface area contributed by atoms with Gasteiger partial charge in [0, 0.05) is 12.4 Å². The Hall–Kier alpha value is -2.16. The van der Waals surface area contributed by atoms with E-state index in [1.807, 2.05) is 0 Å². The van der Waals surface area contributed by atoms with Crippen molar-refractivity contribution < 1.29 is 0 Å². The summed E-state index contributed by atoms with van der Waals surface area (Å²) >= 11 is 4.96. The second-order valence-corrected chi connectivity index (χ2v) is 3.08. The molecule has 0 fully saturated rings. The molecule has 0 spiro atoms. The number of hydrogen-bond donors (Lipinski definition) is 1. The van der Waals surface area contributed by atoms with Crippen LogP contribution in [0.25, 0.3) is 11.7 Å². The van der Waals surface area contributed by atoms with Gasteiger partial charge < -0.3 is 0 Å². The molecule has 0 amide bonds. The van der Waals surface area contributed by atoms with E-state index in [1.165, 1.54) is 9.20 Å². The van der Waals surface area contributed by atoms with Gasteiger partial charge in [-0.3, -0.25) is 0 Å². The summed E-state index contributed by atoms with van der Waals surface area (Å²) in [6, 6.07) is 1.77. The van der Waals surface area contributed by atoms with E-state index >= 15 is 0 Å². The summed E-state index contributed by atoms with van der Waals surface area (Å²) in [4.78, 5) is 0. The van der Waals surface area contributed by atoms with Gasteiger partial charge in [0.2, 0.25) is 4.77 Å². The molecule has 1 N–H and O–H groups in total. The first-order valence-corrected chi connectivity index (χ1v) is 4.43. The Kier molecular flexibility index (Phi) is 1.59. The topological polar surface area (TPSA) is 89.6 Å². The van der Waals surface area contributed by atoms with Crippen LogP contribution in [-0.2, 0) is 0 Å². The van der Waals surface area contributed by atoms with Crippen molar-refractivity contribution in [2.45, 2.75) is 0 Å². The summed E-state index contributed by atoms with van der Waals surface area (Å²) in [6.07, 6.45) is 3.34. The van der Waals surface area contributed by atoms with Crippen molar-refractivity contribution in [3.63, 3.8) is 0 Å². The highest BCUT2D eigenvalue weighted by Crippen LogP contribution is 1.97. The van der Waals surface area contributed by atoms with Gasteiger partial charge in [-0.1, -0.05) is 0 Å². The van der Waals surface area contributed by atoms with Gasteiger partial charge >= 0.3 is 0 Å². The Morgan fingerprint density at radius 3 is 3.07 bits per heavy atom. The first-order chi connectivity index (χ1) is 7.34. The van der Waals surface area contributed by atoms with Gasteiger partial charge in [0.15, 0.2) is 0 Å². The molecule has 3 heterocycles. The first kappa shape index (κ1) is 8.17. The van der Waals surface area contributed by atoms with Gasteiger partial charge in [0.05, 0.1) is 0 Å². The molecule has 0 aliphatic rings. The fourth-order valence-electron chi connectivity index (χ4n) is 1.12. The number of aromatic amines is 1. The minimum Gasteiger partial charge on any atom is -0.248 e. The van der Waals surface area contributed by atoms with Crippen LogP contribution in [0.5, 0.6) is 0 Å². The highest BCUT2D eigenvalue weighted by atomic mass is 32.1. The van der Waals surface area contributed by atoms with Gasteiger partial charge in [-0.15, -0.1) is 20.4 Å². The molecule has 0 unspecified atom stereocenters. The zero-order valence-corrected chi connectivity index (χ0v) is 8.09. The van der Waals surface area contributed by atoms with Crippen LogP contribution in [0.3, 0.4) is 0 Å². The lowest BCUT2D eigenvalue weighted by Crippen LogP contribution is -2.07. The first-order valence-electron chi connectivity index (χ1n) is 4.03. The maximum absolute atomic E-state index is 4.96. The SMILES string of the molecule is S=c1[nH]nc2nnc(-n3cccn3)nn12. The van der Waals surface area contributed by atoms with Crippen LogP contribution < -0.4 is 0 Å². The van der Waals surface area contributed by atoms with E-state index in [0.717, 1.165) is 0 Å². The van der Waals surface area contributed by atoms with Crippen LogP contribution in [0.2, 0.25) is 0 Å². The third-order valence-electron chi connectivity index (χ3n) is 1.76. The predicted molar refractivity (Wildman–Crippen MR) is 50.9 cm³/mol. The Bertz CT molecular complexity index is 649. The Balaban J connectivity index is 2.30. The number of nitrogens with zero attached hydrogens (tertiary/aromatic N) is 7. The van der Waals surface area contributed by atoms with E-state index in [0.29, 0.717) is 16.5 Å². The molecule has 3 rings (SSSR count). The minimum atomic E-state index is 0.330. The number of H-pyrrole nitrogens is 1. The molecule has 0 atom stereocenters. The number of rotatable bonds is 1. The van der Waals surface area contributed by atoms with Crippen LogP contribution in [-0.4, -0.2) is 39.8 Å². The smallest absolute Gasteiger partial charge is 0.248 e. The molecule has 74 valence electrons. The predicted octanol–water partition coefficient (Wildman–Crippen LogP) is -0.237. The highest BCUT2D eigenvalue weighted by molar-refractivity contribution is 7.71. The molecule has 0 aliphatic carbocycles. The van der Waals surface area contributed by atoms with Crippen LogP contribution in [0.1, 0.15) is 0 Å². The van der Waals surface area contributed by atoms with Crippen LogP contribution in [0.4, 0.5) is 0 Å². The third kappa shape index (κ3) is 1.21. The minimum absolute atomic E-state index is 0.330. The van der Waals surface area contributed by atoms with Crippen molar-refractivity contribution in [2.75, 3.05) is 0 Å². The lowest BCUT2D eigenvalue weighted by Gasteiger charge is -1.96. The van der Waals surface area contributed by atoms with Gasteiger partial charge in [-0.05, 0) is 18.3 Å². The van der Waals surface area contributed by atoms with Crippen LogP contribution in [0, 0.1) is 4.77 Å². The molecule has 0 radical (unpaired) electrons. The lowest BCUT2D eigenvalue weighted by atomic mass is 10.7. The van der Waals surface area contributed by atoms with Gasteiger partial charge in [0.25, 0.3) is 11.7 Å². The second kappa shape index (κ2) is 2.92. The summed E-state index contributed by atoms with van der Waals surface area (Å²) in [5, 5.41) is 22.2. The van der Waals surface area contributed by atoms with Crippen molar-refractivity contribution in [3.8, 4) is 5.95 Å². The lowest BCUT2D eigenvalue weighted by molar-refractivity contribution is 0.712. The van der Waals surface area contributed by atoms with E-state index in [2.05, 4.69) is 30.6 Å². The average Bonchev–Trinajstić information content (AvgIpc) is 2.88. The molecular formula is C6H4N8S. The van der Waals surface area contributed by atoms with Gasteiger partial charge in [-0.2, -0.15) is 9.61 Å². The zero-order valence-electron chi connectivity index (χ0n) is 7.27. The fraction of sp³-hybridized carbons (Fsp3) is 0. The summed E-state index contributed by atoms with van der Waals surface area (Å²) in [5.41, 5.74) is 0. The molecule has 9 heteroatoms. The quantitative estimate of drug-likeness (QED) is 0.569. The van der Waals surface area contributed by atoms with E-state index in [4.69, 9.17) is 12.2 Å². The van der Waals surface area contributed by atoms with Crippen molar-refractivity contribution in [3.05, 3.63) is 23.2 Å². The molecule has 8 nitrogen and oxygen atoms in total. The fourth-order valence-corrected chi connectivity index (χ4v) is 1.28. The number of nitrogens with one attached hydrogen (secondary N) is 1. The number of aromatic nitrogens is 8.